The van der Waals surface area contributed by atoms with E-state index in [1.807, 2.05) is 7.05 Å². The van der Waals surface area contributed by atoms with Gasteiger partial charge in [-0.3, -0.25) is 0 Å². The van der Waals surface area contributed by atoms with Gasteiger partial charge in [0.05, 0.1) is 26.4 Å². The van der Waals surface area contributed by atoms with Crippen molar-refractivity contribution in [3.8, 4) is 0 Å². The Morgan fingerprint density at radius 1 is 0.731 bits per heavy atom. The van der Waals surface area contributed by atoms with E-state index in [-0.39, 0.29) is 0 Å². The van der Waals surface area contributed by atoms with Crippen LogP contribution in [0.15, 0.2) is 49.1 Å². The van der Waals surface area contributed by atoms with Gasteiger partial charge in [-0.05, 0) is 30.4 Å². The second kappa shape index (κ2) is 12.5. The van der Waals surface area contributed by atoms with Gasteiger partial charge >= 0.3 is 0 Å². The monoisotopic (exact) mass is 360 g/mol. The van der Waals surface area contributed by atoms with E-state index in [1.165, 1.54) is 17.5 Å². The third-order valence-corrected chi connectivity index (χ3v) is 4.24. The summed E-state index contributed by atoms with van der Waals surface area (Å²) < 4.78 is 20.1. The Morgan fingerprint density at radius 2 is 1.27 bits per heavy atom. The molecule has 2 rings (SSSR count). The highest BCUT2D eigenvalue weighted by Gasteiger charge is 2.02. The first-order valence-corrected chi connectivity index (χ1v) is 9.34. The Bertz CT molecular complexity index is 600. The van der Waals surface area contributed by atoms with Crippen LogP contribution in [-0.2, 0) is 40.6 Å². The molecule has 0 amide bonds. The predicted octanol–water partition coefficient (Wildman–Crippen LogP) is 1.65. The van der Waals surface area contributed by atoms with E-state index in [9.17, 15) is 0 Å². The fourth-order valence-electron chi connectivity index (χ4n) is 2.63. The maximum Gasteiger partial charge on any atom is 0.171 e. The van der Waals surface area contributed by atoms with Crippen molar-refractivity contribution in [2.45, 2.75) is 25.8 Å². The van der Waals surface area contributed by atoms with Gasteiger partial charge in [0.15, 0.2) is 31.3 Å². The van der Waals surface area contributed by atoms with Gasteiger partial charge in [0, 0.05) is 31.4 Å². The molecule has 0 saturated carbocycles. The number of methoxy groups -OCH3 is 1. The molecule has 2 aromatic rings. The van der Waals surface area contributed by atoms with Crippen molar-refractivity contribution >= 4 is 0 Å². The first-order chi connectivity index (χ1) is 12.8. The highest BCUT2D eigenvalue weighted by molar-refractivity contribution is 5.10. The van der Waals surface area contributed by atoms with E-state index < -0.39 is 0 Å². The van der Waals surface area contributed by atoms with E-state index in [0.717, 1.165) is 19.4 Å². The SMILES string of the molecule is COCCOCCOCC[n+]1ccc(CCCc2cc[n+](C)cc2)cc1. The quantitative estimate of drug-likeness (QED) is 0.403. The maximum atomic E-state index is 5.58. The van der Waals surface area contributed by atoms with Crippen LogP contribution in [0.1, 0.15) is 17.5 Å². The summed E-state index contributed by atoms with van der Waals surface area (Å²) in [5, 5.41) is 0. The molecule has 0 bridgehead atoms. The Morgan fingerprint density at radius 3 is 1.88 bits per heavy atom. The molecule has 26 heavy (non-hydrogen) atoms. The van der Waals surface area contributed by atoms with Gasteiger partial charge in [-0.15, -0.1) is 0 Å². The second-order valence-corrected chi connectivity index (χ2v) is 6.39. The summed E-state index contributed by atoms with van der Waals surface area (Å²) in [5.74, 6) is 0. The molecule has 5 heteroatoms. The van der Waals surface area contributed by atoms with E-state index in [1.54, 1.807) is 7.11 Å². The number of hydrogen-bond acceptors (Lipinski definition) is 3. The first kappa shape index (κ1) is 20.5. The third-order valence-electron chi connectivity index (χ3n) is 4.24. The Hall–Kier alpha value is -1.82. The second-order valence-electron chi connectivity index (χ2n) is 6.39. The van der Waals surface area contributed by atoms with Crippen LogP contribution >= 0.6 is 0 Å². The van der Waals surface area contributed by atoms with E-state index >= 15 is 0 Å². The minimum Gasteiger partial charge on any atom is -0.382 e. The lowest BCUT2D eigenvalue weighted by molar-refractivity contribution is -0.698. The van der Waals surface area contributed by atoms with Gasteiger partial charge < -0.3 is 14.2 Å². The van der Waals surface area contributed by atoms with Gasteiger partial charge in [0.25, 0.3) is 0 Å². The molecule has 0 aliphatic rings. The van der Waals surface area contributed by atoms with Gasteiger partial charge in [0.2, 0.25) is 0 Å². The van der Waals surface area contributed by atoms with Crippen molar-refractivity contribution in [2.24, 2.45) is 7.05 Å². The largest absolute Gasteiger partial charge is 0.382 e. The van der Waals surface area contributed by atoms with E-state index in [0.29, 0.717) is 33.0 Å². The lowest BCUT2D eigenvalue weighted by Crippen LogP contribution is -2.35. The molecule has 0 aliphatic carbocycles. The number of ether oxygens (including phenoxy) is 3. The molecule has 142 valence electrons. The molecule has 0 N–H and O–H groups in total. The Kier molecular flexibility index (Phi) is 9.87. The average molecular weight is 360 g/mol. The summed E-state index contributed by atoms with van der Waals surface area (Å²) in [7, 11) is 3.72. The van der Waals surface area contributed by atoms with Gasteiger partial charge in [-0.2, -0.15) is 0 Å². The molecule has 2 heterocycles. The molecular weight excluding hydrogens is 328 g/mol. The molecule has 0 atom stereocenters. The number of nitrogens with zero attached hydrogens (tertiary/aromatic N) is 2. The summed E-state index contributed by atoms with van der Waals surface area (Å²) in [4.78, 5) is 0. The van der Waals surface area contributed by atoms with Crippen LogP contribution < -0.4 is 9.13 Å². The van der Waals surface area contributed by atoms with Crippen molar-refractivity contribution in [3.63, 3.8) is 0 Å². The molecule has 5 nitrogen and oxygen atoms in total. The molecule has 0 radical (unpaired) electrons. The van der Waals surface area contributed by atoms with Crippen LogP contribution in [0.5, 0.6) is 0 Å². The average Bonchev–Trinajstić information content (AvgIpc) is 2.67. The lowest BCUT2D eigenvalue weighted by atomic mass is 10.1. The van der Waals surface area contributed by atoms with Gasteiger partial charge in [-0.25, -0.2) is 9.13 Å². The Labute approximate surface area is 157 Å². The van der Waals surface area contributed by atoms with Crippen LogP contribution in [0.25, 0.3) is 0 Å². The van der Waals surface area contributed by atoms with Crippen molar-refractivity contribution in [3.05, 3.63) is 60.2 Å². The van der Waals surface area contributed by atoms with E-state index in [4.69, 9.17) is 14.2 Å². The normalized spacial score (nSPS) is 11.0. The predicted molar refractivity (Wildman–Crippen MR) is 99.8 cm³/mol. The summed E-state index contributed by atoms with van der Waals surface area (Å²) in [6.45, 7) is 4.06. The summed E-state index contributed by atoms with van der Waals surface area (Å²) in [5.41, 5.74) is 2.78. The topological polar surface area (TPSA) is 35.5 Å². The number of aromatic nitrogens is 2. The van der Waals surface area contributed by atoms with Crippen LogP contribution in [0, 0.1) is 0 Å². The van der Waals surface area contributed by atoms with Crippen LogP contribution in [0.2, 0.25) is 0 Å². The van der Waals surface area contributed by atoms with Crippen molar-refractivity contribution in [2.75, 3.05) is 40.1 Å². The molecule has 0 unspecified atom stereocenters. The molecule has 0 aromatic carbocycles. The zero-order valence-corrected chi connectivity index (χ0v) is 16.1. The van der Waals surface area contributed by atoms with Crippen molar-refractivity contribution in [1.82, 2.24) is 0 Å². The van der Waals surface area contributed by atoms with Crippen LogP contribution in [0.4, 0.5) is 0 Å². The molecule has 2 aromatic heterocycles. The fourth-order valence-corrected chi connectivity index (χ4v) is 2.63. The highest BCUT2D eigenvalue weighted by atomic mass is 16.5. The van der Waals surface area contributed by atoms with E-state index in [2.05, 4.69) is 58.2 Å². The molecular formula is C21H32N2O3+2. The number of rotatable bonds is 13. The van der Waals surface area contributed by atoms with Crippen molar-refractivity contribution in [1.29, 1.82) is 0 Å². The fraction of sp³-hybridized carbons (Fsp3) is 0.524. The number of hydrogen-bond donors (Lipinski definition) is 0. The van der Waals surface area contributed by atoms with Gasteiger partial charge in [-0.1, -0.05) is 0 Å². The van der Waals surface area contributed by atoms with Crippen LogP contribution in [0.3, 0.4) is 0 Å². The third kappa shape index (κ3) is 8.52. The summed E-state index contributed by atoms with van der Waals surface area (Å²) >= 11 is 0. The zero-order chi connectivity index (χ0) is 18.5. The summed E-state index contributed by atoms with van der Waals surface area (Å²) in [6, 6.07) is 8.81. The van der Waals surface area contributed by atoms with Crippen LogP contribution in [-0.4, -0.2) is 40.1 Å². The molecule has 0 fully saturated rings. The minimum atomic E-state index is 0.618. The standard InChI is InChI=1S/C21H32N2O3/c1-22-10-6-20(7-11-22)4-3-5-21-8-12-23(13-9-21)14-15-25-18-19-26-17-16-24-2/h6-13H,3-5,14-19H2,1-2H3/q+2. The lowest BCUT2D eigenvalue weighted by Gasteiger charge is -2.04. The first-order valence-electron chi connectivity index (χ1n) is 9.34. The highest BCUT2D eigenvalue weighted by Crippen LogP contribution is 2.06. The molecule has 0 saturated heterocycles. The Balaban J connectivity index is 1.56. The maximum absolute atomic E-state index is 5.58. The number of aryl methyl sites for hydroxylation is 3. The summed E-state index contributed by atoms with van der Waals surface area (Å²) in [6.07, 6.45) is 11.9. The minimum absolute atomic E-state index is 0.618. The zero-order valence-electron chi connectivity index (χ0n) is 16.1. The van der Waals surface area contributed by atoms with Gasteiger partial charge in [0.1, 0.15) is 13.7 Å². The molecule has 0 aliphatic heterocycles. The smallest absolute Gasteiger partial charge is 0.171 e. The van der Waals surface area contributed by atoms with Crippen molar-refractivity contribution < 1.29 is 23.3 Å². The molecule has 0 spiro atoms. The number of pyridine rings is 2.